The van der Waals surface area contributed by atoms with Crippen LogP contribution in [0, 0.1) is 0 Å². The quantitative estimate of drug-likeness (QED) is 0.789. The summed E-state index contributed by atoms with van der Waals surface area (Å²) in [7, 11) is 1.77. The average molecular weight is 304 g/mol. The van der Waals surface area contributed by atoms with E-state index in [4.69, 9.17) is 0 Å². The normalized spacial score (nSPS) is 10.3. The fourth-order valence-electron chi connectivity index (χ4n) is 1.85. The van der Waals surface area contributed by atoms with E-state index in [-0.39, 0.29) is 5.91 Å². The lowest BCUT2D eigenvalue weighted by molar-refractivity contribution is 0.0810. The molecule has 0 aliphatic rings. The first-order valence-electron chi connectivity index (χ1n) is 5.67. The zero-order chi connectivity index (χ0) is 13.1. The lowest BCUT2D eigenvalue weighted by atomic mass is 10.1. The van der Waals surface area contributed by atoms with Crippen LogP contribution in [0.25, 0.3) is 10.8 Å². The van der Waals surface area contributed by atoms with E-state index in [1.807, 2.05) is 36.4 Å². The van der Waals surface area contributed by atoms with Crippen molar-refractivity contribution in [2.45, 2.75) is 0 Å². The van der Waals surface area contributed by atoms with Gasteiger partial charge < -0.3 is 4.90 Å². The maximum atomic E-state index is 12.1. The van der Waals surface area contributed by atoms with E-state index in [9.17, 15) is 4.79 Å². The first kappa shape index (κ1) is 12.8. The molecule has 0 aromatic heterocycles. The van der Waals surface area contributed by atoms with Crippen molar-refractivity contribution in [3.8, 4) is 0 Å². The van der Waals surface area contributed by atoms with E-state index in [1.165, 1.54) is 0 Å². The number of carbonyl (C=O) groups is 1. The Morgan fingerprint density at radius 3 is 2.67 bits per heavy atom. The van der Waals surface area contributed by atoms with Gasteiger partial charge in [0.2, 0.25) is 0 Å². The van der Waals surface area contributed by atoms with Crippen molar-refractivity contribution in [1.29, 1.82) is 0 Å². The van der Waals surface area contributed by atoms with Crippen molar-refractivity contribution >= 4 is 32.6 Å². The summed E-state index contributed by atoms with van der Waals surface area (Å²) in [5, 5.41) is 2.18. The summed E-state index contributed by atoms with van der Waals surface area (Å²) in [5.74, 6) is 0.0136. The van der Waals surface area contributed by atoms with E-state index in [0.717, 1.165) is 15.2 Å². The Labute approximate surface area is 115 Å². The van der Waals surface area contributed by atoms with Crippen LogP contribution in [0.15, 0.2) is 53.5 Å². The molecule has 0 aliphatic carbocycles. The van der Waals surface area contributed by atoms with Gasteiger partial charge in [0.25, 0.3) is 5.91 Å². The predicted octanol–water partition coefficient (Wildman–Crippen LogP) is 3.86. The minimum atomic E-state index is 0.0136. The van der Waals surface area contributed by atoms with E-state index in [0.29, 0.717) is 12.1 Å². The van der Waals surface area contributed by atoms with Crippen LogP contribution in [-0.4, -0.2) is 24.4 Å². The zero-order valence-electron chi connectivity index (χ0n) is 10.2. The Morgan fingerprint density at radius 2 is 1.94 bits per heavy atom. The van der Waals surface area contributed by atoms with Crippen molar-refractivity contribution in [3.05, 3.63) is 59.1 Å². The number of halogens is 1. The molecule has 0 saturated carbocycles. The number of nitrogens with zero attached hydrogens (tertiary/aromatic N) is 1. The molecule has 2 nitrogen and oxygen atoms in total. The molecule has 0 radical (unpaired) electrons. The summed E-state index contributed by atoms with van der Waals surface area (Å²) in [6, 6.07) is 11.8. The molecule has 0 bridgehead atoms. The molecule has 0 atom stereocenters. The molecule has 0 heterocycles. The van der Waals surface area contributed by atoms with Gasteiger partial charge in [-0.25, -0.2) is 0 Å². The van der Waals surface area contributed by atoms with E-state index in [2.05, 4.69) is 22.5 Å². The summed E-state index contributed by atoms with van der Waals surface area (Å²) < 4.78 is 1.04. The highest BCUT2D eigenvalue weighted by Crippen LogP contribution is 2.21. The van der Waals surface area contributed by atoms with Gasteiger partial charge in [-0.3, -0.25) is 4.79 Å². The molecule has 92 valence electrons. The summed E-state index contributed by atoms with van der Waals surface area (Å²) in [4.78, 5) is 13.8. The SMILES string of the molecule is C=CCN(C)C(=O)c1ccc2cc(Br)ccc2c1. The van der Waals surface area contributed by atoms with Crippen LogP contribution in [0.5, 0.6) is 0 Å². The minimum Gasteiger partial charge on any atom is -0.338 e. The number of fused-ring (bicyclic) bond motifs is 1. The third-order valence-corrected chi connectivity index (χ3v) is 3.29. The molecule has 0 saturated heterocycles. The van der Waals surface area contributed by atoms with Gasteiger partial charge in [-0.05, 0) is 35.0 Å². The summed E-state index contributed by atoms with van der Waals surface area (Å²) >= 11 is 3.44. The van der Waals surface area contributed by atoms with Crippen molar-refractivity contribution in [2.24, 2.45) is 0 Å². The predicted molar refractivity (Wildman–Crippen MR) is 78.8 cm³/mol. The first-order valence-corrected chi connectivity index (χ1v) is 6.47. The molecular weight excluding hydrogens is 290 g/mol. The Hall–Kier alpha value is -1.61. The van der Waals surface area contributed by atoms with Gasteiger partial charge >= 0.3 is 0 Å². The van der Waals surface area contributed by atoms with Gasteiger partial charge in [0.15, 0.2) is 0 Å². The number of rotatable bonds is 3. The number of benzene rings is 2. The highest BCUT2D eigenvalue weighted by atomic mass is 79.9. The van der Waals surface area contributed by atoms with Gasteiger partial charge in [0.1, 0.15) is 0 Å². The van der Waals surface area contributed by atoms with E-state index in [1.54, 1.807) is 18.0 Å². The Kier molecular flexibility index (Phi) is 3.82. The Morgan fingerprint density at radius 1 is 1.28 bits per heavy atom. The number of likely N-dealkylation sites (N-methyl/N-ethyl adjacent to an activating group) is 1. The van der Waals surface area contributed by atoms with Gasteiger partial charge in [-0.2, -0.15) is 0 Å². The molecule has 3 heteroatoms. The van der Waals surface area contributed by atoms with Gasteiger partial charge in [-0.1, -0.05) is 34.1 Å². The van der Waals surface area contributed by atoms with Crippen molar-refractivity contribution in [3.63, 3.8) is 0 Å². The third kappa shape index (κ3) is 2.62. The molecule has 2 aromatic rings. The number of hydrogen-bond acceptors (Lipinski definition) is 1. The third-order valence-electron chi connectivity index (χ3n) is 2.80. The fourth-order valence-corrected chi connectivity index (χ4v) is 2.23. The maximum absolute atomic E-state index is 12.1. The lowest BCUT2D eigenvalue weighted by Gasteiger charge is -2.15. The second kappa shape index (κ2) is 5.36. The molecular formula is C15H14BrNO. The molecule has 0 fully saturated rings. The average Bonchev–Trinajstić information content (AvgIpc) is 2.37. The van der Waals surface area contributed by atoms with Gasteiger partial charge in [0.05, 0.1) is 0 Å². The lowest BCUT2D eigenvalue weighted by Crippen LogP contribution is -2.26. The van der Waals surface area contributed by atoms with Gasteiger partial charge in [0, 0.05) is 23.6 Å². The van der Waals surface area contributed by atoms with Crippen molar-refractivity contribution in [1.82, 2.24) is 4.90 Å². The molecule has 0 unspecified atom stereocenters. The van der Waals surface area contributed by atoms with Crippen LogP contribution in [0.1, 0.15) is 10.4 Å². The number of amides is 1. The second-order valence-electron chi connectivity index (χ2n) is 4.18. The monoisotopic (exact) mass is 303 g/mol. The van der Waals surface area contributed by atoms with E-state index < -0.39 is 0 Å². The second-order valence-corrected chi connectivity index (χ2v) is 5.10. The molecule has 1 amide bonds. The molecule has 0 N–H and O–H groups in total. The van der Waals surface area contributed by atoms with Crippen molar-refractivity contribution < 1.29 is 4.79 Å². The van der Waals surface area contributed by atoms with Crippen LogP contribution >= 0.6 is 15.9 Å². The zero-order valence-corrected chi connectivity index (χ0v) is 11.8. The molecule has 0 aliphatic heterocycles. The molecule has 2 rings (SSSR count). The maximum Gasteiger partial charge on any atom is 0.253 e. The van der Waals surface area contributed by atoms with E-state index >= 15 is 0 Å². The largest absolute Gasteiger partial charge is 0.338 e. The minimum absolute atomic E-state index is 0.0136. The smallest absolute Gasteiger partial charge is 0.253 e. The molecule has 18 heavy (non-hydrogen) atoms. The number of hydrogen-bond donors (Lipinski definition) is 0. The topological polar surface area (TPSA) is 20.3 Å². The highest BCUT2D eigenvalue weighted by molar-refractivity contribution is 9.10. The Balaban J connectivity index is 2.38. The Bertz CT molecular complexity index is 606. The van der Waals surface area contributed by atoms with Crippen LogP contribution in [0.2, 0.25) is 0 Å². The van der Waals surface area contributed by atoms with Crippen LogP contribution in [0.4, 0.5) is 0 Å². The molecule has 0 spiro atoms. The van der Waals surface area contributed by atoms with Gasteiger partial charge in [-0.15, -0.1) is 6.58 Å². The summed E-state index contributed by atoms with van der Waals surface area (Å²) in [5.41, 5.74) is 0.703. The standard InChI is InChI=1S/C15H14BrNO/c1-3-8-17(2)15(18)13-5-4-12-10-14(16)7-6-11(12)9-13/h3-7,9-10H,1,8H2,2H3. The van der Waals surface area contributed by atoms with Crippen molar-refractivity contribution in [2.75, 3.05) is 13.6 Å². The highest BCUT2D eigenvalue weighted by Gasteiger charge is 2.10. The number of carbonyl (C=O) groups excluding carboxylic acids is 1. The van der Waals surface area contributed by atoms with Crippen LogP contribution < -0.4 is 0 Å². The summed E-state index contributed by atoms with van der Waals surface area (Å²) in [6.07, 6.45) is 1.72. The van der Waals surface area contributed by atoms with Crippen LogP contribution in [-0.2, 0) is 0 Å². The molecule has 2 aromatic carbocycles. The summed E-state index contributed by atoms with van der Waals surface area (Å²) in [6.45, 7) is 4.19. The fraction of sp³-hybridized carbons (Fsp3) is 0.133. The van der Waals surface area contributed by atoms with Crippen LogP contribution in [0.3, 0.4) is 0 Å². The first-order chi connectivity index (χ1) is 8.61.